The first-order valence-corrected chi connectivity index (χ1v) is 15.5. The van der Waals surface area contributed by atoms with Crippen LogP contribution in [0.15, 0.2) is 0 Å². The first kappa shape index (κ1) is 36.0. The van der Waals surface area contributed by atoms with Gasteiger partial charge in [0.05, 0.1) is 6.61 Å². The summed E-state index contributed by atoms with van der Waals surface area (Å²) in [5.41, 5.74) is -1.87. The molecule has 6 heteroatoms. The standard InChI is InChI=1S/C27H55FO3S.Na.H/c1-3-5-7-9-11-13-14-15-16-17-18-20-22-24-26-31-32(29,30)27(28)25-23-21-19-12-10-8-6-4-2;;/h27H,3-26H2,1-2H3;;/q;+1;-1. The summed E-state index contributed by atoms with van der Waals surface area (Å²) in [5, 5.41) is 0. The van der Waals surface area contributed by atoms with Gasteiger partial charge >= 0.3 is 29.6 Å². The number of unbranched alkanes of at least 4 members (excludes halogenated alkanes) is 20. The number of rotatable bonds is 26. The zero-order chi connectivity index (χ0) is 23.8. The predicted octanol–water partition coefficient (Wildman–Crippen LogP) is 6.76. The maximum absolute atomic E-state index is 14.0. The average Bonchev–Trinajstić information content (AvgIpc) is 2.78. The summed E-state index contributed by atoms with van der Waals surface area (Å²) < 4.78 is 42.8. The van der Waals surface area contributed by atoms with E-state index in [2.05, 4.69) is 13.8 Å². The molecule has 0 aliphatic rings. The number of halogens is 1. The summed E-state index contributed by atoms with van der Waals surface area (Å²) in [5.74, 6) is 0. The molecule has 0 radical (unpaired) electrons. The molecule has 0 rings (SSSR count). The Balaban J connectivity index is -0.00000480. The van der Waals surface area contributed by atoms with Gasteiger partial charge in [-0.15, -0.1) is 0 Å². The Bertz CT molecular complexity index is 480. The van der Waals surface area contributed by atoms with Crippen molar-refractivity contribution >= 4 is 10.1 Å². The molecule has 0 amide bonds. The van der Waals surface area contributed by atoms with E-state index in [0.29, 0.717) is 12.8 Å². The topological polar surface area (TPSA) is 43.4 Å². The molecule has 1 unspecified atom stereocenters. The van der Waals surface area contributed by atoms with Crippen LogP contribution in [0, 0.1) is 0 Å². The van der Waals surface area contributed by atoms with Gasteiger partial charge in [0.25, 0.3) is 10.1 Å². The van der Waals surface area contributed by atoms with Crippen LogP contribution in [-0.4, -0.2) is 20.5 Å². The van der Waals surface area contributed by atoms with Crippen molar-refractivity contribution in [1.29, 1.82) is 0 Å². The molecule has 0 saturated heterocycles. The first-order valence-electron chi connectivity index (χ1n) is 14.1. The SMILES string of the molecule is CCCCCCCCCCCCCCCCOS(=O)(=O)C(F)CCCCCCCCCC.[H-].[Na+]. The third-order valence-electron chi connectivity index (χ3n) is 6.34. The van der Waals surface area contributed by atoms with Crippen LogP contribution >= 0.6 is 0 Å². The van der Waals surface area contributed by atoms with E-state index >= 15 is 0 Å². The molecule has 0 saturated carbocycles. The second-order valence-electron chi connectivity index (χ2n) is 9.58. The van der Waals surface area contributed by atoms with E-state index in [1.54, 1.807) is 0 Å². The van der Waals surface area contributed by atoms with Crippen LogP contribution in [0.1, 0.15) is 163 Å². The molecule has 3 nitrogen and oxygen atoms in total. The summed E-state index contributed by atoms with van der Waals surface area (Å²) >= 11 is 0. The molecule has 0 heterocycles. The van der Waals surface area contributed by atoms with Crippen molar-refractivity contribution in [3.63, 3.8) is 0 Å². The van der Waals surface area contributed by atoms with Gasteiger partial charge in [0, 0.05) is 0 Å². The molecule has 0 aliphatic heterocycles. The van der Waals surface area contributed by atoms with Gasteiger partial charge in [0.15, 0.2) is 0 Å². The molecule has 0 aliphatic carbocycles. The molecule has 33 heavy (non-hydrogen) atoms. The van der Waals surface area contributed by atoms with Gasteiger partial charge < -0.3 is 1.43 Å². The number of hydrogen-bond acceptors (Lipinski definition) is 3. The van der Waals surface area contributed by atoms with Crippen molar-refractivity contribution in [1.82, 2.24) is 0 Å². The van der Waals surface area contributed by atoms with Gasteiger partial charge in [-0.05, 0) is 19.3 Å². The van der Waals surface area contributed by atoms with Crippen molar-refractivity contribution < 1.29 is 48.0 Å². The van der Waals surface area contributed by atoms with E-state index in [1.807, 2.05) is 0 Å². The van der Waals surface area contributed by atoms with Gasteiger partial charge in [-0.25, -0.2) is 4.39 Å². The van der Waals surface area contributed by atoms with Crippen LogP contribution in [0.4, 0.5) is 4.39 Å². The summed E-state index contributed by atoms with van der Waals surface area (Å²) in [6, 6.07) is 0. The molecule has 0 spiro atoms. The van der Waals surface area contributed by atoms with E-state index in [9.17, 15) is 12.8 Å². The second kappa shape index (κ2) is 27.4. The number of alkyl halides is 1. The van der Waals surface area contributed by atoms with Crippen LogP contribution in [0.2, 0.25) is 0 Å². The Morgan fingerprint density at radius 2 is 0.879 bits per heavy atom. The molecule has 196 valence electrons. The fraction of sp³-hybridized carbons (Fsp3) is 1.00. The Kier molecular flexibility index (Phi) is 29.9. The zero-order valence-corrected chi connectivity index (χ0v) is 25.4. The van der Waals surface area contributed by atoms with Gasteiger partial charge in [-0.2, -0.15) is 8.42 Å². The van der Waals surface area contributed by atoms with Crippen LogP contribution < -0.4 is 29.6 Å². The monoisotopic (exact) mass is 502 g/mol. The summed E-state index contributed by atoms with van der Waals surface area (Å²) in [4.78, 5) is 0. The van der Waals surface area contributed by atoms with E-state index in [0.717, 1.165) is 25.7 Å². The third-order valence-corrected chi connectivity index (χ3v) is 7.70. The molecule has 0 aromatic heterocycles. The van der Waals surface area contributed by atoms with Crippen molar-refractivity contribution in [2.24, 2.45) is 0 Å². The maximum atomic E-state index is 14.0. The average molecular weight is 503 g/mol. The zero-order valence-electron chi connectivity index (χ0n) is 23.6. The minimum absolute atomic E-state index is 0. The largest absolute Gasteiger partial charge is 1.00 e. The van der Waals surface area contributed by atoms with Crippen molar-refractivity contribution in [2.75, 3.05) is 6.61 Å². The number of hydrogen-bond donors (Lipinski definition) is 0. The molecule has 0 N–H and O–H groups in total. The molecule has 1 atom stereocenters. The van der Waals surface area contributed by atoms with Crippen LogP contribution in [-0.2, 0) is 14.3 Å². The molecule has 0 aromatic carbocycles. The Morgan fingerprint density at radius 1 is 0.576 bits per heavy atom. The van der Waals surface area contributed by atoms with E-state index < -0.39 is 15.6 Å². The molecule has 0 aromatic rings. The van der Waals surface area contributed by atoms with Gasteiger partial charge in [-0.3, -0.25) is 4.18 Å². The molecule has 0 bridgehead atoms. The van der Waals surface area contributed by atoms with Crippen LogP contribution in [0.3, 0.4) is 0 Å². The summed E-state index contributed by atoms with van der Waals surface area (Å²) in [6.45, 7) is 4.58. The van der Waals surface area contributed by atoms with Crippen LogP contribution in [0.5, 0.6) is 0 Å². The van der Waals surface area contributed by atoms with Gasteiger partial charge in [0.1, 0.15) is 0 Å². The minimum Gasteiger partial charge on any atom is -1.00 e. The Hall–Kier alpha value is 0.840. The quantitative estimate of drug-likeness (QED) is 0.0746. The van der Waals surface area contributed by atoms with E-state index in [-0.39, 0.29) is 44.0 Å². The van der Waals surface area contributed by atoms with Gasteiger partial charge in [-0.1, -0.05) is 142 Å². The van der Waals surface area contributed by atoms with Crippen molar-refractivity contribution in [3.05, 3.63) is 0 Å². The minimum atomic E-state index is -4.05. The fourth-order valence-corrected chi connectivity index (χ4v) is 5.08. The van der Waals surface area contributed by atoms with E-state index in [1.165, 1.54) is 103 Å². The fourth-order valence-electron chi connectivity index (χ4n) is 4.13. The Morgan fingerprint density at radius 3 is 1.24 bits per heavy atom. The Labute approximate surface area is 230 Å². The molecular weight excluding hydrogens is 446 g/mol. The third kappa shape index (κ3) is 25.7. The first-order chi connectivity index (χ1) is 15.5. The predicted molar refractivity (Wildman–Crippen MR) is 138 cm³/mol. The normalized spacial score (nSPS) is 12.6. The van der Waals surface area contributed by atoms with Crippen molar-refractivity contribution in [2.45, 2.75) is 167 Å². The molecule has 0 fully saturated rings. The summed E-state index contributed by atoms with van der Waals surface area (Å²) in [6.07, 6.45) is 26.3. The second-order valence-corrected chi connectivity index (χ2v) is 11.3. The smallest absolute Gasteiger partial charge is 1.00 e. The molecular formula is C27H56FNaO3S. The maximum Gasteiger partial charge on any atom is 1.00 e. The van der Waals surface area contributed by atoms with E-state index in [4.69, 9.17) is 4.18 Å². The van der Waals surface area contributed by atoms with Crippen LogP contribution in [0.25, 0.3) is 0 Å². The summed E-state index contributed by atoms with van der Waals surface area (Å²) in [7, 11) is -4.05. The van der Waals surface area contributed by atoms with Crippen molar-refractivity contribution in [3.8, 4) is 0 Å². The van der Waals surface area contributed by atoms with Gasteiger partial charge in [0.2, 0.25) is 5.50 Å².